The normalized spacial score (nSPS) is 16.9. The number of hydrogen-bond donors (Lipinski definition) is 1. The van der Waals surface area contributed by atoms with Crippen LogP contribution in [0.25, 0.3) is 0 Å². The highest BCUT2D eigenvalue weighted by atomic mass is 32.1. The molecule has 1 aliphatic heterocycles. The lowest BCUT2D eigenvalue weighted by atomic mass is 10.0. The summed E-state index contributed by atoms with van der Waals surface area (Å²) < 4.78 is 5.78. The van der Waals surface area contributed by atoms with Crippen molar-refractivity contribution < 1.29 is 9.53 Å². The lowest BCUT2D eigenvalue weighted by molar-refractivity contribution is -0.128. The van der Waals surface area contributed by atoms with Crippen molar-refractivity contribution in [3.8, 4) is 5.75 Å². The van der Waals surface area contributed by atoms with E-state index in [4.69, 9.17) is 4.74 Å². The van der Waals surface area contributed by atoms with E-state index in [1.807, 2.05) is 30.6 Å². The molecule has 110 valence electrons. The third kappa shape index (κ3) is 3.24. The molecule has 1 atom stereocenters. The number of rotatable bonds is 4. The van der Waals surface area contributed by atoms with Crippen LogP contribution < -0.4 is 10.1 Å². The molecule has 4 nitrogen and oxygen atoms in total. The van der Waals surface area contributed by atoms with E-state index in [0.717, 1.165) is 30.7 Å². The van der Waals surface area contributed by atoms with Gasteiger partial charge in [0.15, 0.2) is 6.10 Å². The quantitative estimate of drug-likeness (QED) is 0.944. The summed E-state index contributed by atoms with van der Waals surface area (Å²) in [5, 5.41) is 2.96. The van der Waals surface area contributed by atoms with Gasteiger partial charge in [0.05, 0.1) is 11.2 Å². The van der Waals surface area contributed by atoms with Gasteiger partial charge in [0, 0.05) is 17.8 Å². The number of hydrogen-bond acceptors (Lipinski definition) is 4. The Morgan fingerprint density at radius 1 is 1.48 bits per heavy atom. The van der Waals surface area contributed by atoms with Crippen LogP contribution in [-0.2, 0) is 17.6 Å². The maximum absolute atomic E-state index is 12.2. The first-order valence-corrected chi connectivity index (χ1v) is 8.03. The van der Waals surface area contributed by atoms with Crippen molar-refractivity contribution in [1.82, 2.24) is 10.3 Å². The molecule has 1 aromatic carbocycles. The van der Waals surface area contributed by atoms with Gasteiger partial charge in [0.25, 0.3) is 5.91 Å². The second-order valence-electron chi connectivity index (χ2n) is 5.15. The van der Waals surface area contributed by atoms with Gasteiger partial charge in [0.1, 0.15) is 5.75 Å². The summed E-state index contributed by atoms with van der Waals surface area (Å²) >= 11 is 1.63. The van der Waals surface area contributed by atoms with Gasteiger partial charge in [-0.15, -0.1) is 11.3 Å². The van der Waals surface area contributed by atoms with E-state index < -0.39 is 0 Å². The van der Waals surface area contributed by atoms with Crippen molar-refractivity contribution >= 4 is 17.2 Å². The number of amides is 1. The number of carbonyl (C=O) groups is 1. The SMILES string of the molecule is Cc1ncsc1CCNC(=O)C1CCc2ccccc2O1. The van der Waals surface area contributed by atoms with Gasteiger partial charge < -0.3 is 10.1 Å². The molecule has 2 aromatic rings. The minimum atomic E-state index is -0.373. The Bertz CT molecular complexity index is 639. The van der Waals surface area contributed by atoms with E-state index in [1.165, 1.54) is 10.4 Å². The van der Waals surface area contributed by atoms with Gasteiger partial charge in [-0.3, -0.25) is 4.79 Å². The van der Waals surface area contributed by atoms with Gasteiger partial charge in [-0.2, -0.15) is 0 Å². The number of carbonyl (C=O) groups excluding carboxylic acids is 1. The summed E-state index contributed by atoms with van der Waals surface area (Å²) in [7, 11) is 0. The highest BCUT2D eigenvalue weighted by molar-refractivity contribution is 7.09. The van der Waals surface area contributed by atoms with Crippen LogP contribution in [0.5, 0.6) is 5.75 Å². The van der Waals surface area contributed by atoms with E-state index in [0.29, 0.717) is 6.54 Å². The maximum Gasteiger partial charge on any atom is 0.261 e. The third-order valence-electron chi connectivity index (χ3n) is 3.71. The summed E-state index contributed by atoms with van der Waals surface area (Å²) in [6.07, 6.45) is 2.08. The van der Waals surface area contributed by atoms with Crippen LogP contribution >= 0.6 is 11.3 Å². The zero-order valence-electron chi connectivity index (χ0n) is 12.0. The molecule has 0 fully saturated rings. The Labute approximate surface area is 128 Å². The number of para-hydroxylation sites is 1. The van der Waals surface area contributed by atoms with Crippen LogP contribution in [-0.4, -0.2) is 23.5 Å². The van der Waals surface area contributed by atoms with Gasteiger partial charge >= 0.3 is 0 Å². The Balaban J connectivity index is 1.52. The third-order valence-corrected chi connectivity index (χ3v) is 4.70. The molecular weight excluding hydrogens is 284 g/mol. The molecule has 21 heavy (non-hydrogen) atoms. The summed E-state index contributed by atoms with van der Waals surface area (Å²) in [4.78, 5) is 17.6. The first kappa shape index (κ1) is 14.1. The van der Waals surface area contributed by atoms with E-state index in [1.54, 1.807) is 11.3 Å². The topological polar surface area (TPSA) is 51.2 Å². The Morgan fingerprint density at radius 3 is 3.14 bits per heavy atom. The summed E-state index contributed by atoms with van der Waals surface area (Å²) in [5.41, 5.74) is 4.08. The van der Waals surface area contributed by atoms with Crippen molar-refractivity contribution in [3.05, 3.63) is 45.9 Å². The van der Waals surface area contributed by atoms with Crippen molar-refractivity contribution in [2.24, 2.45) is 0 Å². The zero-order valence-corrected chi connectivity index (χ0v) is 12.8. The average Bonchev–Trinajstić information content (AvgIpc) is 2.92. The maximum atomic E-state index is 12.2. The van der Waals surface area contributed by atoms with Crippen molar-refractivity contribution in [2.45, 2.75) is 32.3 Å². The number of nitrogens with zero attached hydrogens (tertiary/aromatic N) is 1. The molecule has 0 aliphatic carbocycles. The monoisotopic (exact) mass is 302 g/mol. The fourth-order valence-electron chi connectivity index (χ4n) is 2.49. The number of nitrogens with one attached hydrogen (secondary N) is 1. The molecule has 3 rings (SSSR count). The van der Waals surface area contributed by atoms with E-state index >= 15 is 0 Å². The van der Waals surface area contributed by atoms with Gasteiger partial charge in [0.2, 0.25) is 0 Å². The Kier molecular flexibility index (Phi) is 4.20. The fourth-order valence-corrected chi connectivity index (χ4v) is 3.27. The number of fused-ring (bicyclic) bond motifs is 1. The largest absolute Gasteiger partial charge is 0.480 e. The molecule has 0 saturated heterocycles. The lowest BCUT2D eigenvalue weighted by Gasteiger charge is -2.25. The standard InChI is InChI=1S/C16H18N2O2S/c1-11-15(21-10-18-11)8-9-17-16(19)14-7-6-12-4-2-3-5-13(12)20-14/h2-5,10,14H,6-9H2,1H3,(H,17,19). The molecule has 1 aromatic heterocycles. The Morgan fingerprint density at radius 2 is 2.33 bits per heavy atom. The fraction of sp³-hybridized carbons (Fsp3) is 0.375. The van der Waals surface area contributed by atoms with Gasteiger partial charge in [-0.25, -0.2) is 4.98 Å². The van der Waals surface area contributed by atoms with Crippen LogP contribution in [0.3, 0.4) is 0 Å². The second kappa shape index (κ2) is 6.26. The van der Waals surface area contributed by atoms with E-state index in [-0.39, 0.29) is 12.0 Å². The molecule has 0 bridgehead atoms. The van der Waals surface area contributed by atoms with Gasteiger partial charge in [-0.1, -0.05) is 18.2 Å². The number of aromatic nitrogens is 1. The first-order valence-electron chi connectivity index (χ1n) is 7.15. The van der Waals surface area contributed by atoms with E-state index in [9.17, 15) is 4.79 Å². The van der Waals surface area contributed by atoms with Crippen molar-refractivity contribution in [1.29, 1.82) is 0 Å². The Hall–Kier alpha value is -1.88. The molecule has 1 amide bonds. The summed E-state index contributed by atoms with van der Waals surface area (Å²) in [5.74, 6) is 0.814. The molecule has 5 heteroatoms. The van der Waals surface area contributed by atoms with E-state index in [2.05, 4.69) is 16.4 Å². The van der Waals surface area contributed by atoms with Crippen LogP contribution in [0.15, 0.2) is 29.8 Å². The highest BCUT2D eigenvalue weighted by Crippen LogP contribution is 2.27. The molecular formula is C16H18N2O2S. The molecule has 0 radical (unpaired) electrons. The first-order chi connectivity index (χ1) is 10.2. The predicted molar refractivity (Wildman–Crippen MR) is 82.7 cm³/mol. The lowest BCUT2D eigenvalue weighted by Crippen LogP contribution is -2.41. The molecule has 1 aliphatic rings. The molecule has 1 N–H and O–H groups in total. The minimum absolute atomic E-state index is 0.0216. The van der Waals surface area contributed by atoms with Crippen LogP contribution in [0, 0.1) is 6.92 Å². The van der Waals surface area contributed by atoms with Gasteiger partial charge in [-0.05, 0) is 31.4 Å². The minimum Gasteiger partial charge on any atom is -0.480 e. The summed E-state index contributed by atoms with van der Waals surface area (Å²) in [6, 6.07) is 7.91. The molecule has 1 unspecified atom stereocenters. The average molecular weight is 302 g/mol. The number of aryl methyl sites for hydroxylation is 2. The number of thiazole rings is 1. The highest BCUT2D eigenvalue weighted by Gasteiger charge is 2.25. The van der Waals surface area contributed by atoms with Crippen LogP contribution in [0.2, 0.25) is 0 Å². The molecule has 2 heterocycles. The van der Waals surface area contributed by atoms with Crippen molar-refractivity contribution in [2.75, 3.05) is 6.54 Å². The number of benzene rings is 1. The number of ether oxygens (including phenoxy) is 1. The van der Waals surface area contributed by atoms with Crippen molar-refractivity contribution in [3.63, 3.8) is 0 Å². The predicted octanol–water partition coefficient (Wildman–Crippen LogP) is 2.50. The summed E-state index contributed by atoms with van der Waals surface area (Å²) in [6.45, 7) is 2.62. The smallest absolute Gasteiger partial charge is 0.261 e. The molecule has 0 spiro atoms. The van der Waals surface area contributed by atoms with Crippen LogP contribution in [0.4, 0.5) is 0 Å². The molecule has 0 saturated carbocycles. The second-order valence-corrected chi connectivity index (χ2v) is 6.09. The van der Waals surface area contributed by atoms with Crippen LogP contribution in [0.1, 0.15) is 22.6 Å². The zero-order chi connectivity index (χ0) is 14.7.